The Morgan fingerprint density at radius 2 is 1.81 bits per heavy atom. The molecule has 0 spiro atoms. The van der Waals surface area contributed by atoms with Gasteiger partial charge in [0, 0.05) is 5.56 Å². The van der Waals surface area contributed by atoms with Gasteiger partial charge in [-0.1, -0.05) is 54.1 Å². The van der Waals surface area contributed by atoms with E-state index in [1.807, 2.05) is 55.5 Å². The van der Waals surface area contributed by atoms with E-state index in [4.69, 9.17) is 0 Å². The number of carbonyl (C=O) groups is 1. The first kappa shape index (κ1) is 13.3. The van der Waals surface area contributed by atoms with Crippen LogP contribution in [0.1, 0.15) is 22.3 Å². The molecule has 0 radical (unpaired) electrons. The zero-order valence-corrected chi connectivity index (χ0v) is 12.1. The van der Waals surface area contributed by atoms with Crippen molar-refractivity contribution in [1.29, 1.82) is 0 Å². The molecular formula is C18H16N2O. The maximum atomic E-state index is 12.0. The number of nitrogens with zero attached hydrogens (tertiary/aromatic N) is 1. The predicted molar refractivity (Wildman–Crippen MR) is 85.0 cm³/mol. The second-order valence-electron chi connectivity index (χ2n) is 5.17. The Hall–Kier alpha value is -2.68. The lowest BCUT2D eigenvalue weighted by molar-refractivity contribution is -0.115. The molecule has 1 aliphatic rings. The van der Waals surface area contributed by atoms with Gasteiger partial charge in [-0.15, -0.1) is 0 Å². The number of benzene rings is 2. The fourth-order valence-corrected chi connectivity index (χ4v) is 2.34. The summed E-state index contributed by atoms with van der Waals surface area (Å²) in [5.74, 6) is 0.449. The maximum absolute atomic E-state index is 12.0. The van der Waals surface area contributed by atoms with Crippen LogP contribution in [-0.2, 0) is 4.79 Å². The molecule has 1 aliphatic heterocycles. The molecule has 0 saturated carbocycles. The lowest BCUT2D eigenvalue weighted by Crippen LogP contribution is -2.24. The molecule has 1 N–H and O–H groups in total. The van der Waals surface area contributed by atoms with E-state index in [1.165, 1.54) is 5.56 Å². The standard InChI is InChI=1S/C18H16N2O/c1-12-8-9-15(13(2)10-12)11-16-18(21)20-17(19-16)14-6-4-3-5-7-14/h3-11H,1-2H3,(H,19,20,21)/b16-11-. The van der Waals surface area contributed by atoms with Crippen molar-refractivity contribution in [2.75, 3.05) is 0 Å². The molecule has 1 amide bonds. The molecule has 2 aromatic rings. The van der Waals surface area contributed by atoms with Crippen LogP contribution in [0.15, 0.2) is 59.2 Å². The monoisotopic (exact) mass is 276 g/mol. The third-order valence-corrected chi connectivity index (χ3v) is 3.46. The molecule has 0 unspecified atom stereocenters. The highest BCUT2D eigenvalue weighted by Crippen LogP contribution is 2.18. The molecule has 104 valence electrons. The van der Waals surface area contributed by atoms with Crippen molar-refractivity contribution >= 4 is 17.8 Å². The topological polar surface area (TPSA) is 41.5 Å². The van der Waals surface area contributed by atoms with Crippen LogP contribution in [0.5, 0.6) is 0 Å². The second-order valence-corrected chi connectivity index (χ2v) is 5.17. The van der Waals surface area contributed by atoms with E-state index in [9.17, 15) is 4.79 Å². The second kappa shape index (κ2) is 5.37. The van der Waals surface area contributed by atoms with Gasteiger partial charge >= 0.3 is 0 Å². The number of nitrogens with one attached hydrogen (secondary N) is 1. The molecule has 3 heteroatoms. The van der Waals surface area contributed by atoms with Crippen LogP contribution in [0, 0.1) is 13.8 Å². The molecular weight excluding hydrogens is 260 g/mol. The summed E-state index contributed by atoms with van der Waals surface area (Å²) in [4.78, 5) is 16.5. The molecule has 0 atom stereocenters. The summed E-state index contributed by atoms with van der Waals surface area (Å²) in [5.41, 5.74) is 4.72. The Labute approximate surface area is 124 Å². The van der Waals surface area contributed by atoms with Crippen molar-refractivity contribution in [1.82, 2.24) is 5.32 Å². The van der Waals surface area contributed by atoms with Crippen LogP contribution < -0.4 is 5.32 Å². The third-order valence-electron chi connectivity index (χ3n) is 3.46. The number of hydrogen-bond donors (Lipinski definition) is 1. The Kier molecular flexibility index (Phi) is 3.40. The van der Waals surface area contributed by atoms with E-state index in [2.05, 4.69) is 23.3 Å². The van der Waals surface area contributed by atoms with Gasteiger partial charge in [0.05, 0.1) is 0 Å². The van der Waals surface area contributed by atoms with Gasteiger partial charge in [-0.2, -0.15) is 0 Å². The van der Waals surface area contributed by atoms with Crippen molar-refractivity contribution in [3.63, 3.8) is 0 Å². The summed E-state index contributed by atoms with van der Waals surface area (Å²) in [6.07, 6.45) is 1.83. The number of aliphatic imine (C=N–C) groups is 1. The number of amidine groups is 1. The minimum atomic E-state index is -0.158. The van der Waals surface area contributed by atoms with Crippen LogP contribution in [-0.4, -0.2) is 11.7 Å². The van der Waals surface area contributed by atoms with Gasteiger partial charge in [0.1, 0.15) is 11.5 Å². The molecule has 0 aromatic heterocycles. The van der Waals surface area contributed by atoms with E-state index in [0.717, 1.165) is 16.7 Å². The predicted octanol–water partition coefficient (Wildman–Crippen LogP) is 3.22. The molecule has 0 aliphatic carbocycles. The molecule has 3 rings (SSSR count). The smallest absolute Gasteiger partial charge is 0.275 e. The quantitative estimate of drug-likeness (QED) is 0.841. The number of amides is 1. The summed E-state index contributed by atoms with van der Waals surface area (Å²) in [6.45, 7) is 4.09. The van der Waals surface area contributed by atoms with Crippen molar-refractivity contribution in [2.24, 2.45) is 4.99 Å². The number of carbonyl (C=O) groups excluding carboxylic acids is 1. The summed E-state index contributed by atoms with van der Waals surface area (Å²) < 4.78 is 0. The van der Waals surface area contributed by atoms with Gasteiger partial charge in [-0.25, -0.2) is 4.99 Å². The van der Waals surface area contributed by atoms with Crippen LogP contribution in [0.2, 0.25) is 0 Å². The Balaban J connectivity index is 1.97. The number of rotatable bonds is 2. The van der Waals surface area contributed by atoms with Crippen molar-refractivity contribution in [2.45, 2.75) is 13.8 Å². The molecule has 0 saturated heterocycles. The van der Waals surface area contributed by atoms with E-state index in [-0.39, 0.29) is 5.91 Å². The lowest BCUT2D eigenvalue weighted by atomic mass is 10.0. The van der Waals surface area contributed by atoms with Crippen LogP contribution in [0.4, 0.5) is 0 Å². The SMILES string of the molecule is Cc1ccc(/C=C2\N=C(c3ccccc3)NC2=O)c(C)c1. The van der Waals surface area contributed by atoms with E-state index >= 15 is 0 Å². The van der Waals surface area contributed by atoms with Gasteiger partial charge in [-0.3, -0.25) is 4.79 Å². The Bertz CT molecular complexity index is 758. The number of hydrogen-bond acceptors (Lipinski definition) is 2. The average Bonchev–Trinajstić information content (AvgIpc) is 2.84. The molecule has 1 heterocycles. The third kappa shape index (κ3) is 2.77. The Morgan fingerprint density at radius 3 is 2.52 bits per heavy atom. The van der Waals surface area contributed by atoms with Gasteiger partial charge in [-0.05, 0) is 31.1 Å². The van der Waals surface area contributed by atoms with Gasteiger partial charge in [0.2, 0.25) is 0 Å². The van der Waals surface area contributed by atoms with E-state index in [1.54, 1.807) is 0 Å². The first-order chi connectivity index (χ1) is 10.1. The first-order valence-electron chi connectivity index (χ1n) is 6.88. The minimum absolute atomic E-state index is 0.158. The highest BCUT2D eigenvalue weighted by atomic mass is 16.2. The van der Waals surface area contributed by atoms with Crippen molar-refractivity contribution in [3.05, 3.63) is 76.5 Å². The fourth-order valence-electron chi connectivity index (χ4n) is 2.34. The van der Waals surface area contributed by atoms with Gasteiger partial charge in [0.15, 0.2) is 0 Å². The lowest BCUT2D eigenvalue weighted by Gasteiger charge is -2.01. The highest BCUT2D eigenvalue weighted by Gasteiger charge is 2.20. The Morgan fingerprint density at radius 1 is 1.05 bits per heavy atom. The molecule has 0 bridgehead atoms. The van der Waals surface area contributed by atoms with Gasteiger partial charge in [0.25, 0.3) is 5.91 Å². The molecule has 3 nitrogen and oxygen atoms in total. The van der Waals surface area contributed by atoms with Crippen LogP contribution in [0.25, 0.3) is 6.08 Å². The first-order valence-corrected chi connectivity index (χ1v) is 6.88. The van der Waals surface area contributed by atoms with E-state index < -0.39 is 0 Å². The van der Waals surface area contributed by atoms with Crippen LogP contribution >= 0.6 is 0 Å². The van der Waals surface area contributed by atoms with Gasteiger partial charge < -0.3 is 5.32 Å². The fraction of sp³-hybridized carbons (Fsp3) is 0.111. The summed E-state index contributed by atoms with van der Waals surface area (Å²) in [6, 6.07) is 15.8. The average molecular weight is 276 g/mol. The summed E-state index contributed by atoms with van der Waals surface area (Å²) >= 11 is 0. The summed E-state index contributed by atoms with van der Waals surface area (Å²) in [5, 5.41) is 2.81. The zero-order valence-electron chi connectivity index (χ0n) is 12.1. The van der Waals surface area contributed by atoms with Crippen LogP contribution in [0.3, 0.4) is 0 Å². The minimum Gasteiger partial charge on any atom is -0.305 e. The highest BCUT2D eigenvalue weighted by molar-refractivity contribution is 6.19. The number of aryl methyl sites for hydroxylation is 2. The normalized spacial score (nSPS) is 16.0. The molecule has 0 fully saturated rings. The maximum Gasteiger partial charge on any atom is 0.275 e. The zero-order chi connectivity index (χ0) is 14.8. The summed E-state index contributed by atoms with van der Waals surface area (Å²) in [7, 11) is 0. The van der Waals surface area contributed by atoms with Crippen molar-refractivity contribution in [3.8, 4) is 0 Å². The molecule has 2 aromatic carbocycles. The van der Waals surface area contributed by atoms with Crippen molar-refractivity contribution < 1.29 is 4.79 Å². The molecule has 21 heavy (non-hydrogen) atoms. The van der Waals surface area contributed by atoms with E-state index in [0.29, 0.717) is 11.5 Å². The largest absolute Gasteiger partial charge is 0.305 e.